The fourth-order valence-electron chi connectivity index (χ4n) is 2.93. The van der Waals surface area contributed by atoms with E-state index in [1.807, 2.05) is 6.92 Å². The number of rotatable bonds is 7. The van der Waals surface area contributed by atoms with Crippen LogP contribution in [0.3, 0.4) is 0 Å². The average Bonchev–Trinajstić information content (AvgIpc) is 3.03. The molecule has 1 N–H and O–H groups in total. The van der Waals surface area contributed by atoms with Crippen molar-refractivity contribution in [2.75, 3.05) is 39.1 Å². The standard InChI is InChI=1S/C19H25N3O3S/c1-14-17(13-22-9-11-24-12-10-22)18(21-25-14)19(23)20-8-7-15-3-5-16(26-2)6-4-15/h3-6H,7-13H2,1-2H3,(H,20,23). The lowest BCUT2D eigenvalue weighted by Crippen LogP contribution is -2.36. The van der Waals surface area contributed by atoms with Gasteiger partial charge in [-0.25, -0.2) is 0 Å². The normalized spacial score (nSPS) is 15.2. The summed E-state index contributed by atoms with van der Waals surface area (Å²) in [6, 6.07) is 8.40. The summed E-state index contributed by atoms with van der Waals surface area (Å²) in [7, 11) is 0. The lowest BCUT2D eigenvalue weighted by atomic mass is 10.1. The predicted octanol–water partition coefficient (Wildman–Crippen LogP) is 2.51. The maximum atomic E-state index is 12.5. The smallest absolute Gasteiger partial charge is 0.273 e. The van der Waals surface area contributed by atoms with E-state index in [2.05, 4.69) is 45.9 Å². The Bertz CT molecular complexity index is 724. The molecule has 1 aromatic carbocycles. The molecule has 0 aliphatic carbocycles. The van der Waals surface area contributed by atoms with Crippen LogP contribution in [-0.2, 0) is 17.7 Å². The summed E-state index contributed by atoms with van der Waals surface area (Å²) in [5.41, 5.74) is 2.47. The highest BCUT2D eigenvalue weighted by atomic mass is 32.2. The first kappa shape index (κ1) is 18.9. The lowest BCUT2D eigenvalue weighted by molar-refractivity contribution is 0.0339. The summed E-state index contributed by atoms with van der Waals surface area (Å²) in [5, 5.41) is 6.94. The number of nitrogens with zero attached hydrogens (tertiary/aromatic N) is 2. The van der Waals surface area contributed by atoms with Gasteiger partial charge in [0.1, 0.15) is 5.76 Å². The van der Waals surface area contributed by atoms with E-state index in [1.165, 1.54) is 10.5 Å². The highest BCUT2D eigenvalue weighted by molar-refractivity contribution is 7.98. The van der Waals surface area contributed by atoms with Gasteiger partial charge >= 0.3 is 0 Å². The van der Waals surface area contributed by atoms with E-state index >= 15 is 0 Å². The molecule has 0 atom stereocenters. The molecule has 140 valence electrons. The van der Waals surface area contributed by atoms with Gasteiger partial charge in [0.05, 0.1) is 13.2 Å². The lowest BCUT2D eigenvalue weighted by Gasteiger charge is -2.26. The first-order valence-corrected chi connectivity index (χ1v) is 10.1. The Morgan fingerprint density at radius 1 is 1.27 bits per heavy atom. The minimum Gasteiger partial charge on any atom is -0.379 e. The van der Waals surface area contributed by atoms with E-state index in [9.17, 15) is 4.79 Å². The molecule has 2 heterocycles. The number of aryl methyl sites for hydroxylation is 1. The second kappa shape index (κ2) is 9.21. The minimum absolute atomic E-state index is 0.175. The van der Waals surface area contributed by atoms with Crippen LogP contribution in [-0.4, -0.2) is 55.1 Å². The highest BCUT2D eigenvalue weighted by Crippen LogP contribution is 2.17. The molecule has 2 aromatic rings. The van der Waals surface area contributed by atoms with Crippen LogP contribution in [0.1, 0.15) is 27.4 Å². The zero-order valence-corrected chi connectivity index (χ0v) is 16.1. The summed E-state index contributed by atoms with van der Waals surface area (Å²) in [6.45, 7) is 6.25. The average molecular weight is 375 g/mol. The number of ether oxygens (including phenoxy) is 1. The highest BCUT2D eigenvalue weighted by Gasteiger charge is 2.22. The van der Waals surface area contributed by atoms with Gasteiger partial charge in [-0.3, -0.25) is 9.69 Å². The van der Waals surface area contributed by atoms with Gasteiger partial charge in [0.2, 0.25) is 0 Å². The van der Waals surface area contributed by atoms with Crippen LogP contribution in [0.15, 0.2) is 33.7 Å². The molecule has 0 spiro atoms. The Hall–Kier alpha value is -1.83. The number of carbonyl (C=O) groups excluding carboxylic acids is 1. The fourth-order valence-corrected chi connectivity index (χ4v) is 3.34. The molecular weight excluding hydrogens is 350 g/mol. The summed E-state index contributed by atoms with van der Waals surface area (Å²) >= 11 is 1.72. The molecule has 6 nitrogen and oxygen atoms in total. The molecule has 1 aromatic heterocycles. The Morgan fingerprint density at radius 2 is 2.00 bits per heavy atom. The Kier molecular flexibility index (Phi) is 6.71. The Morgan fingerprint density at radius 3 is 2.69 bits per heavy atom. The van der Waals surface area contributed by atoms with Gasteiger partial charge in [0.25, 0.3) is 5.91 Å². The first-order valence-electron chi connectivity index (χ1n) is 8.83. The number of aromatic nitrogens is 1. The maximum Gasteiger partial charge on any atom is 0.273 e. The molecule has 1 amide bonds. The van der Waals surface area contributed by atoms with Crippen molar-refractivity contribution in [3.05, 3.63) is 46.8 Å². The molecule has 0 bridgehead atoms. The topological polar surface area (TPSA) is 67.6 Å². The summed E-state index contributed by atoms with van der Waals surface area (Å²) < 4.78 is 10.7. The molecule has 1 fully saturated rings. The van der Waals surface area contributed by atoms with Crippen molar-refractivity contribution in [3.8, 4) is 0 Å². The van der Waals surface area contributed by atoms with Crippen LogP contribution in [0.5, 0.6) is 0 Å². The van der Waals surface area contributed by atoms with E-state index < -0.39 is 0 Å². The Labute approximate surface area is 158 Å². The molecule has 26 heavy (non-hydrogen) atoms. The molecule has 1 aliphatic heterocycles. The number of benzene rings is 1. The quantitative estimate of drug-likeness (QED) is 0.750. The van der Waals surface area contributed by atoms with Gasteiger partial charge in [-0.15, -0.1) is 11.8 Å². The van der Waals surface area contributed by atoms with Crippen LogP contribution in [0.4, 0.5) is 0 Å². The number of carbonyl (C=O) groups is 1. The zero-order chi connectivity index (χ0) is 18.4. The second-order valence-electron chi connectivity index (χ2n) is 6.31. The largest absolute Gasteiger partial charge is 0.379 e. The van der Waals surface area contributed by atoms with Gasteiger partial charge in [-0.1, -0.05) is 17.3 Å². The van der Waals surface area contributed by atoms with Crippen LogP contribution in [0.25, 0.3) is 0 Å². The van der Waals surface area contributed by atoms with Crippen LogP contribution in [0.2, 0.25) is 0 Å². The fraction of sp³-hybridized carbons (Fsp3) is 0.474. The first-order chi connectivity index (χ1) is 12.7. The zero-order valence-electron chi connectivity index (χ0n) is 15.3. The molecular formula is C19H25N3O3S. The van der Waals surface area contributed by atoms with Gasteiger partial charge in [0.15, 0.2) is 5.69 Å². The van der Waals surface area contributed by atoms with Crippen molar-refractivity contribution in [2.45, 2.75) is 24.8 Å². The van der Waals surface area contributed by atoms with E-state index in [0.717, 1.165) is 38.3 Å². The van der Waals surface area contributed by atoms with Crippen molar-refractivity contribution < 1.29 is 14.1 Å². The summed E-state index contributed by atoms with van der Waals surface area (Å²) in [5.74, 6) is 0.528. The van der Waals surface area contributed by atoms with Gasteiger partial charge in [-0.2, -0.15) is 0 Å². The SMILES string of the molecule is CSc1ccc(CCNC(=O)c2noc(C)c2CN2CCOCC2)cc1. The second-order valence-corrected chi connectivity index (χ2v) is 7.19. The Balaban J connectivity index is 1.55. The van der Waals surface area contributed by atoms with Crippen molar-refractivity contribution in [1.82, 2.24) is 15.4 Å². The van der Waals surface area contributed by atoms with Crippen molar-refractivity contribution in [3.63, 3.8) is 0 Å². The van der Waals surface area contributed by atoms with E-state index in [4.69, 9.17) is 9.26 Å². The number of nitrogens with one attached hydrogen (secondary N) is 1. The van der Waals surface area contributed by atoms with Crippen molar-refractivity contribution >= 4 is 17.7 Å². The number of amides is 1. The summed E-state index contributed by atoms with van der Waals surface area (Å²) in [6.07, 6.45) is 2.85. The van der Waals surface area contributed by atoms with Crippen molar-refractivity contribution in [1.29, 1.82) is 0 Å². The van der Waals surface area contributed by atoms with Crippen LogP contribution >= 0.6 is 11.8 Å². The molecule has 1 aliphatic rings. The molecule has 3 rings (SSSR count). The summed E-state index contributed by atoms with van der Waals surface area (Å²) in [4.78, 5) is 16.0. The van der Waals surface area contributed by atoms with Crippen LogP contribution in [0, 0.1) is 6.92 Å². The van der Waals surface area contributed by atoms with Gasteiger partial charge in [0, 0.05) is 36.6 Å². The van der Waals surface area contributed by atoms with E-state index in [1.54, 1.807) is 11.8 Å². The third-order valence-electron chi connectivity index (χ3n) is 4.54. The van der Waals surface area contributed by atoms with E-state index in [0.29, 0.717) is 24.5 Å². The molecule has 1 saturated heterocycles. The van der Waals surface area contributed by atoms with Crippen molar-refractivity contribution in [2.24, 2.45) is 0 Å². The molecule has 0 saturated carbocycles. The number of thioether (sulfide) groups is 1. The maximum absolute atomic E-state index is 12.5. The predicted molar refractivity (Wildman–Crippen MR) is 102 cm³/mol. The number of hydrogen-bond acceptors (Lipinski definition) is 6. The minimum atomic E-state index is -0.175. The van der Waals surface area contributed by atoms with Gasteiger partial charge < -0.3 is 14.6 Å². The third-order valence-corrected chi connectivity index (χ3v) is 5.29. The number of hydrogen-bond donors (Lipinski definition) is 1. The monoisotopic (exact) mass is 375 g/mol. The third kappa shape index (κ3) is 4.87. The molecule has 0 radical (unpaired) electrons. The molecule has 7 heteroatoms. The van der Waals surface area contributed by atoms with Gasteiger partial charge in [-0.05, 0) is 37.3 Å². The number of morpholine rings is 1. The van der Waals surface area contributed by atoms with Crippen LogP contribution < -0.4 is 5.32 Å². The van der Waals surface area contributed by atoms with E-state index in [-0.39, 0.29) is 5.91 Å². The molecule has 0 unspecified atom stereocenters.